The molecular formula is C52H54Cl2N10O7. The summed E-state index contributed by atoms with van der Waals surface area (Å²) >= 11 is 12.9. The second-order valence-electron chi connectivity index (χ2n) is 20.0. The molecule has 0 unspecified atom stereocenters. The third-order valence-corrected chi connectivity index (χ3v) is 14.2. The van der Waals surface area contributed by atoms with Crippen LogP contribution in [-0.4, -0.2) is 121 Å². The summed E-state index contributed by atoms with van der Waals surface area (Å²) in [5.74, 6) is 6.04. The fraction of sp³-hybridized carbons (Fsp3) is 0.423. The summed E-state index contributed by atoms with van der Waals surface area (Å²) in [7, 11) is 0. The Balaban J connectivity index is 0.000000155. The van der Waals surface area contributed by atoms with Crippen LogP contribution in [0.25, 0.3) is 22.1 Å². The Morgan fingerprint density at radius 1 is 0.648 bits per heavy atom. The van der Waals surface area contributed by atoms with E-state index in [1.54, 1.807) is 12.1 Å². The quantitative estimate of drug-likeness (QED) is 0.100. The van der Waals surface area contributed by atoms with Gasteiger partial charge in [0.25, 0.3) is 0 Å². The third-order valence-electron chi connectivity index (χ3n) is 13.6. The Labute approximate surface area is 421 Å². The molecule has 0 spiro atoms. The van der Waals surface area contributed by atoms with E-state index < -0.39 is 5.60 Å². The minimum Gasteiger partial charge on any atom is -0.492 e. The molecule has 6 aromatic rings. The lowest BCUT2D eigenvalue weighted by atomic mass is 10.2. The van der Waals surface area contributed by atoms with Crippen LogP contribution < -0.4 is 28.7 Å². The number of carbonyl (C=O) groups is 2. The van der Waals surface area contributed by atoms with Gasteiger partial charge in [-0.3, -0.25) is 4.79 Å². The van der Waals surface area contributed by atoms with Gasteiger partial charge < -0.3 is 43.3 Å². The average Bonchev–Trinajstić information content (AvgIpc) is 4.19. The van der Waals surface area contributed by atoms with Gasteiger partial charge in [-0.1, -0.05) is 29.8 Å². The van der Waals surface area contributed by atoms with E-state index in [1.165, 1.54) is 44.4 Å². The van der Waals surface area contributed by atoms with Crippen molar-refractivity contribution in [2.75, 3.05) is 49.2 Å². The van der Waals surface area contributed by atoms with Crippen LogP contribution in [0, 0.1) is 11.8 Å². The van der Waals surface area contributed by atoms with Crippen LogP contribution in [0.1, 0.15) is 59.3 Å². The van der Waals surface area contributed by atoms with E-state index in [1.807, 2.05) is 79.1 Å². The number of hydrogen-bond donors (Lipinski definition) is 0. The van der Waals surface area contributed by atoms with Crippen molar-refractivity contribution in [2.24, 2.45) is 11.8 Å². The van der Waals surface area contributed by atoms with Crippen molar-refractivity contribution < 1.29 is 33.3 Å². The molecule has 19 heteroatoms. The van der Waals surface area contributed by atoms with Crippen LogP contribution >= 0.6 is 23.2 Å². The maximum absolute atomic E-state index is 12.6. The van der Waals surface area contributed by atoms with E-state index >= 15 is 0 Å². The topological polar surface area (TPSA) is 171 Å². The van der Waals surface area contributed by atoms with Crippen molar-refractivity contribution in [3.63, 3.8) is 0 Å². The van der Waals surface area contributed by atoms with Crippen molar-refractivity contribution in [1.82, 2.24) is 39.7 Å². The molecule has 2 saturated carbocycles. The van der Waals surface area contributed by atoms with Crippen molar-refractivity contribution in [3.05, 3.63) is 96.0 Å². The molecule has 6 fully saturated rings. The van der Waals surface area contributed by atoms with Crippen molar-refractivity contribution in [3.8, 4) is 34.8 Å². The van der Waals surface area contributed by atoms with Crippen LogP contribution in [0.4, 0.5) is 16.4 Å². The number of aromatic nitrogens is 6. The molecular weight excluding hydrogens is 948 g/mol. The molecule has 2 aliphatic carbocycles. The van der Waals surface area contributed by atoms with Gasteiger partial charge in [-0.15, -0.1) is 0 Å². The Kier molecular flexibility index (Phi) is 12.6. The molecule has 0 N–H and O–H groups in total. The normalized spacial score (nSPS) is 21.1. The predicted molar refractivity (Wildman–Crippen MR) is 268 cm³/mol. The molecule has 71 heavy (non-hydrogen) atoms. The van der Waals surface area contributed by atoms with Gasteiger partial charge in [-0.2, -0.15) is 9.97 Å². The number of pyridine rings is 2. The van der Waals surface area contributed by atoms with Crippen LogP contribution in [0.15, 0.2) is 86.0 Å². The second-order valence-corrected chi connectivity index (χ2v) is 20.9. The lowest BCUT2D eigenvalue weighted by Gasteiger charge is -2.35. The number of halogens is 2. The molecule has 12 rings (SSSR count). The number of carbonyl (C=O) groups excluding carboxylic acids is 2. The summed E-state index contributed by atoms with van der Waals surface area (Å²) in [5.41, 5.74) is 2.01. The van der Waals surface area contributed by atoms with Gasteiger partial charge >= 0.3 is 6.09 Å². The standard InChI is InChI=1S/C27H30ClN5O4.C25H24ClN5O3/c1-27(2,3)37-26(34)33-13-17-10-18(33)12-32(17)23-9-7-21-24(31-23)25(30-15-29-21)36-19-6-8-22(20(28)11-19)35-14-16-4-5-16;1-2-23(32)31-12-16-9-17(31)11-30(16)22-8-6-20-24(29-22)25(28-14-27-20)34-18-5-7-21(19(26)10-18)33-13-15-3-4-15/h6-9,11,15-18H,4-5,10,12-14H2,1-3H3;2,5-8,10,14-17H,1,3-4,9,11-13H2/t17-,18-;16-,17-/m00/s1. The minimum atomic E-state index is -0.511. The SMILES string of the molecule is C=CC(=O)N1C[C@@H]2C[C@H]1CN2c1ccc2ncnc(Oc3ccc(OCC4CC4)c(Cl)c3)c2n1.CC(C)(C)OC(=O)N1C[C@@H]2C[C@H]1CN2c1ccc2ncnc(Oc3ccc(OCC4CC4)c(Cl)c3)c2n1. The Bertz CT molecular complexity index is 3020. The van der Waals surface area contributed by atoms with Gasteiger partial charge in [0, 0.05) is 38.3 Å². The summed E-state index contributed by atoms with van der Waals surface area (Å²) in [6, 6.07) is 19.2. The molecule has 4 bridgehead atoms. The van der Waals surface area contributed by atoms with E-state index in [0.717, 1.165) is 31.0 Å². The lowest BCUT2D eigenvalue weighted by molar-refractivity contribution is -0.127. The maximum Gasteiger partial charge on any atom is 0.410 e. The highest BCUT2D eigenvalue weighted by molar-refractivity contribution is 6.32. The number of rotatable bonds is 13. The lowest BCUT2D eigenvalue weighted by Crippen LogP contribution is -2.50. The fourth-order valence-electron chi connectivity index (χ4n) is 9.64. The number of fused-ring (bicyclic) bond motifs is 6. The molecule has 8 heterocycles. The monoisotopic (exact) mass is 1000 g/mol. The van der Waals surface area contributed by atoms with Crippen LogP contribution in [0.5, 0.6) is 34.8 Å². The third kappa shape index (κ3) is 10.2. The first-order chi connectivity index (χ1) is 34.3. The fourth-order valence-corrected chi connectivity index (χ4v) is 10.1. The summed E-state index contributed by atoms with van der Waals surface area (Å²) < 4.78 is 29.4. The van der Waals surface area contributed by atoms with Crippen LogP contribution in [0.3, 0.4) is 0 Å². The van der Waals surface area contributed by atoms with E-state index in [4.69, 9.17) is 56.9 Å². The number of amides is 2. The molecule has 4 atom stereocenters. The van der Waals surface area contributed by atoms with E-state index in [2.05, 4.69) is 36.3 Å². The second kappa shape index (κ2) is 19.1. The molecule has 6 aliphatic rings. The van der Waals surface area contributed by atoms with Crippen molar-refractivity contribution in [2.45, 2.75) is 89.1 Å². The summed E-state index contributed by atoms with van der Waals surface area (Å²) in [5, 5.41) is 0.990. The highest BCUT2D eigenvalue weighted by Crippen LogP contribution is 2.40. The first kappa shape index (κ1) is 46.7. The van der Waals surface area contributed by atoms with Crippen molar-refractivity contribution in [1.29, 1.82) is 0 Å². The number of nitrogens with zero attached hydrogens (tertiary/aromatic N) is 10. The minimum absolute atomic E-state index is 0.00896. The first-order valence-corrected chi connectivity index (χ1v) is 25.0. The van der Waals surface area contributed by atoms with Gasteiger partial charge in [0.1, 0.15) is 52.9 Å². The Hall–Kier alpha value is -6.72. The van der Waals surface area contributed by atoms with Gasteiger partial charge in [0.15, 0.2) is 11.0 Å². The molecule has 4 aromatic heterocycles. The molecule has 4 saturated heterocycles. The van der Waals surface area contributed by atoms with Gasteiger partial charge in [-0.25, -0.2) is 24.7 Å². The van der Waals surface area contributed by atoms with E-state index in [0.29, 0.717) is 112 Å². The largest absolute Gasteiger partial charge is 0.492 e. The number of piperazine rings is 2. The molecule has 4 aliphatic heterocycles. The summed E-state index contributed by atoms with van der Waals surface area (Å²) in [6.45, 7) is 13.4. The number of ether oxygens (including phenoxy) is 5. The zero-order chi connectivity index (χ0) is 49.0. The summed E-state index contributed by atoms with van der Waals surface area (Å²) in [4.78, 5) is 60.0. The highest BCUT2D eigenvalue weighted by atomic mass is 35.5. The Morgan fingerprint density at radius 2 is 1.13 bits per heavy atom. The number of likely N-dealkylation sites (tertiary alicyclic amines) is 2. The van der Waals surface area contributed by atoms with Crippen LogP contribution in [0.2, 0.25) is 10.0 Å². The Morgan fingerprint density at radius 3 is 1.54 bits per heavy atom. The average molecular weight is 1000 g/mol. The van der Waals surface area contributed by atoms with Gasteiger partial charge in [0.2, 0.25) is 17.7 Å². The number of hydrogen-bond acceptors (Lipinski definition) is 15. The zero-order valence-corrected chi connectivity index (χ0v) is 41.3. The smallest absolute Gasteiger partial charge is 0.410 e. The van der Waals surface area contributed by atoms with Crippen molar-refractivity contribution >= 4 is 68.9 Å². The van der Waals surface area contributed by atoms with Gasteiger partial charge in [0.05, 0.1) is 58.5 Å². The first-order valence-electron chi connectivity index (χ1n) is 24.2. The van der Waals surface area contributed by atoms with Crippen LogP contribution in [-0.2, 0) is 9.53 Å². The highest BCUT2D eigenvalue weighted by Gasteiger charge is 2.47. The molecule has 2 amide bonds. The maximum atomic E-state index is 12.6. The number of anilines is 2. The predicted octanol–water partition coefficient (Wildman–Crippen LogP) is 9.69. The van der Waals surface area contributed by atoms with E-state index in [-0.39, 0.29) is 36.2 Å². The van der Waals surface area contributed by atoms with E-state index in [9.17, 15) is 9.59 Å². The molecule has 0 radical (unpaired) electrons. The van der Waals surface area contributed by atoms with Gasteiger partial charge in [-0.05, 0) is 126 Å². The molecule has 17 nitrogen and oxygen atoms in total. The molecule has 368 valence electrons. The number of benzene rings is 2. The molecule has 2 aromatic carbocycles. The summed E-state index contributed by atoms with van der Waals surface area (Å²) in [6.07, 6.45) is 10.8. The zero-order valence-electron chi connectivity index (χ0n) is 39.7.